The van der Waals surface area contributed by atoms with E-state index in [4.69, 9.17) is 0 Å². The Labute approximate surface area is 221 Å². The van der Waals surface area contributed by atoms with Crippen LogP contribution in [0.15, 0.2) is 45.0 Å². The van der Waals surface area contributed by atoms with Crippen molar-refractivity contribution >= 4 is 79.7 Å². The number of thioether (sulfide) groups is 4. The predicted octanol–water partition coefficient (Wildman–Crippen LogP) is 8.16. The Kier molecular flexibility index (Phi) is 10.1. The first-order valence-corrected chi connectivity index (χ1v) is 16.7. The smallest absolute Gasteiger partial charge is 0.149 e. The number of rotatable bonds is 11. The van der Waals surface area contributed by atoms with Crippen LogP contribution in [0.1, 0.15) is 57.9 Å². The third-order valence-electron chi connectivity index (χ3n) is 5.08. The summed E-state index contributed by atoms with van der Waals surface area (Å²) in [5.41, 5.74) is 0.813. The topological polar surface area (TPSA) is 33.1 Å². The highest BCUT2D eigenvalue weighted by Crippen LogP contribution is 2.58. The van der Waals surface area contributed by atoms with Crippen molar-refractivity contribution in [1.82, 2.24) is 4.98 Å². The van der Waals surface area contributed by atoms with Crippen LogP contribution in [-0.2, 0) is 0 Å². The Morgan fingerprint density at radius 3 is 2.12 bits per heavy atom. The lowest BCUT2D eigenvalue weighted by Gasteiger charge is -2.04. The molecule has 8 heteroatoms. The van der Waals surface area contributed by atoms with Crippen molar-refractivity contribution in [3.63, 3.8) is 0 Å². The molecule has 1 aromatic carbocycles. The van der Waals surface area contributed by atoms with Gasteiger partial charge in [0, 0.05) is 11.8 Å². The molecule has 0 atom stereocenters. The van der Waals surface area contributed by atoms with Crippen molar-refractivity contribution in [3.05, 3.63) is 68.8 Å². The number of unbranched alkanes of at least 4 members (excludes halogenated alkanes) is 4. The van der Waals surface area contributed by atoms with Crippen LogP contribution in [0.5, 0.6) is 0 Å². The predicted molar refractivity (Wildman–Crippen MR) is 156 cm³/mol. The van der Waals surface area contributed by atoms with Crippen LogP contribution in [-0.4, -0.2) is 21.6 Å². The average Bonchev–Trinajstić information content (AvgIpc) is 3.54. The van der Waals surface area contributed by atoms with E-state index < -0.39 is 0 Å². The molecule has 3 heterocycles. The summed E-state index contributed by atoms with van der Waals surface area (Å²) >= 11 is 11.6. The van der Waals surface area contributed by atoms with Crippen molar-refractivity contribution in [1.29, 1.82) is 0 Å². The molecule has 1 aromatic rings. The Morgan fingerprint density at radius 1 is 0.879 bits per heavy atom. The molecule has 2 nitrogen and oxygen atoms in total. The Bertz CT molecular complexity index is 1230. The molecule has 1 N–H and O–H groups in total. The zero-order valence-electron chi connectivity index (χ0n) is 19.0. The minimum atomic E-state index is 0.264. The number of aliphatic hydroxyl groups excluding tert-OH is 1. The van der Waals surface area contributed by atoms with Crippen LogP contribution in [0.3, 0.4) is 0 Å². The minimum absolute atomic E-state index is 0.264. The lowest BCUT2D eigenvalue weighted by Crippen LogP contribution is -2.09. The summed E-state index contributed by atoms with van der Waals surface area (Å²) < 4.78 is 7.95. The van der Waals surface area contributed by atoms with E-state index in [9.17, 15) is 5.11 Å². The lowest BCUT2D eigenvalue weighted by molar-refractivity contribution is 0.505. The molecule has 4 rings (SSSR count). The van der Waals surface area contributed by atoms with Gasteiger partial charge in [-0.1, -0.05) is 93.4 Å². The molecule has 0 aromatic heterocycles. The molecule has 0 spiro atoms. The van der Waals surface area contributed by atoms with Gasteiger partial charge in [-0.3, -0.25) is 0 Å². The second kappa shape index (κ2) is 13.0. The van der Waals surface area contributed by atoms with Crippen LogP contribution in [0.25, 0.3) is 10.00 Å². The maximum atomic E-state index is 10.9. The molecule has 0 radical (unpaired) electrons. The number of aliphatic hydroxyl groups is 1. The maximum absolute atomic E-state index is 10.9. The van der Waals surface area contributed by atoms with Gasteiger partial charge in [0.2, 0.25) is 0 Å². The summed E-state index contributed by atoms with van der Waals surface area (Å²) in [6, 6.07) is 9.71. The van der Waals surface area contributed by atoms with Crippen molar-refractivity contribution in [2.45, 2.75) is 52.4 Å². The Hall–Kier alpha value is -0.510. The van der Waals surface area contributed by atoms with Crippen LogP contribution >= 0.6 is 69.7 Å². The molecule has 0 amide bonds. The highest BCUT2D eigenvalue weighted by Gasteiger charge is 2.23. The average molecular weight is 552 g/mol. The number of benzene rings is 1. The van der Waals surface area contributed by atoms with E-state index in [2.05, 4.69) is 18.8 Å². The maximum Gasteiger partial charge on any atom is 0.149 e. The van der Waals surface area contributed by atoms with Crippen molar-refractivity contribution < 1.29 is 5.11 Å². The second-order valence-corrected chi connectivity index (χ2v) is 15.0. The SMILES string of the molecule is CCCCCSC1=C(SCCCCC)SC(=c2sc3cn/c(=C(/O)c4ccccc4)c=3s2)S1. The zero-order chi connectivity index (χ0) is 23.0. The number of nitrogens with zero attached hydrogens (tertiary/aromatic N) is 1. The van der Waals surface area contributed by atoms with E-state index >= 15 is 0 Å². The van der Waals surface area contributed by atoms with Gasteiger partial charge in [-0.05, 0) is 24.3 Å². The standard InChI is InChI=1S/C25H29NOS6/c1-3-5-10-14-28-22-23(29-15-11-6-4-2)33-25(32-22)24-30-18-16-26-19(21(18)31-24)20(27)17-12-8-7-9-13-17/h7-9,12-13,16,27H,3-6,10-11,14-15H2,1-2H3/b20-19+. The third kappa shape index (κ3) is 6.58. The molecular formula is C25H29NOS6. The van der Waals surface area contributed by atoms with Gasteiger partial charge in [0.15, 0.2) is 0 Å². The van der Waals surface area contributed by atoms with E-state index in [1.54, 1.807) is 22.7 Å². The molecule has 0 saturated carbocycles. The number of hydrogen-bond acceptors (Lipinski definition) is 8. The highest BCUT2D eigenvalue weighted by molar-refractivity contribution is 8.45. The minimum Gasteiger partial charge on any atom is -0.505 e. The van der Waals surface area contributed by atoms with E-state index in [-0.39, 0.29) is 5.76 Å². The largest absolute Gasteiger partial charge is 0.505 e. The van der Waals surface area contributed by atoms with Gasteiger partial charge in [0.1, 0.15) is 15.0 Å². The fraction of sp³-hybridized carbons (Fsp3) is 0.400. The first-order chi connectivity index (χ1) is 16.2. The van der Waals surface area contributed by atoms with Gasteiger partial charge < -0.3 is 5.11 Å². The van der Waals surface area contributed by atoms with E-state index in [1.165, 1.54) is 66.6 Å². The molecule has 33 heavy (non-hydrogen) atoms. The van der Waals surface area contributed by atoms with Crippen LogP contribution in [0.4, 0.5) is 0 Å². The molecule has 0 bridgehead atoms. The van der Waals surface area contributed by atoms with Gasteiger partial charge in [-0.15, -0.1) is 46.2 Å². The normalized spacial score (nSPS) is 15.2. The molecule has 0 saturated heterocycles. The first-order valence-electron chi connectivity index (χ1n) is 11.4. The number of hydrogen-bond donors (Lipinski definition) is 1. The van der Waals surface area contributed by atoms with Crippen molar-refractivity contribution in [3.8, 4) is 0 Å². The highest BCUT2D eigenvalue weighted by atomic mass is 32.3. The van der Waals surface area contributed by atoms with Crippen LogP contribution < -0.4 is 9.20 Å². The second-order valence-electron chi connectivity index (χ2n) is 7.68. The monoisotopic (exact) mass is 551 g/mol. The molecule has 0 aliphatic carbocycles. The lowest BCUT2D eigenvalue weighted by atomic mass is 10.2. The van der Waals surface area contributed by atoms with Crippen LogP contribution in [0, 0.1) is 9.06 Å². The zero-order valence-corrected chi connectivity index (χ0v) is 23.9. The molecule has 3 aliphatic rings. The van der Waals surface area contributed by atoms with Gasteiger partial charge >= 0.3 is 0 Å². The Balaban J connectivity index is 1.61. The van der Waals surface area contributed by atoms with E-state index in [0.717, 1.165) is 14.6 Å². The van der Waals surface area contributed by atoms with Gasteiger partial charge in [0.05, 0.1) is 21.8 Å². The Morgan fingerprint density at radius 2 is 1.52 bits per heavy atom. The summed E-state index contributed by atoms with van der Waals surface area (Å²) in [6.45, 7) is 4.54. The molecule has 0 fully saturated rings. The number of aromatic nitrogens is 1. The van der Waals surface area contributed by atoms with Gasteiger partial charge in [-0.25, -0.2) is 4.98 Å². The summed E-state index contributed by atoms with van der Waals surface area (Å²) in [5, 5.41) is 11.6. The summed E-state index contributed by atoms with van der Waals surface area (Å²) in [5.74, 6) is 2.68. The molecule has 0 unspecified atom stereocenters. The van der Waals surface area contributed by atoms with E-state index in [0.29, 0.717) is 5.35 Å². The van der Waals surface area contributed by atoms with Crippen LogP contribution in [0.2, 0.25) is 0 Å². The van der Waals surface area contributed by atoms with Gasteiger partial charge in [-0.2, -0.15) is 0 Å². The summed E-state index contributed by atoms with van der Waals surface area (Å²) in [6.07, 6.45) is 9.66. The van der Waals surface area contributed by atoms with Gasteiger partial charge in [0.25, 0.3) is 0 Å². The quantitative estimate of drug-likeness (QED) is 0.242. The molecule has 176 valence electrons. The summed E-state index contributed by atoms with van der Waals surface area (Å²) in [4.78, 5) is 4.54. The molecule has 3 aliphatic heterocycles. The fourth-order valence-electron chi connectivity index (χ4n) is 3.29. The molecular weight excluding hydrogens is 523 g/mol. The third-order valence-corrected chi connectivity index (χ3v) is 13.9. The first kappa shape index (κ1) is 25.6. The fourth-order valence-corrected chi connectivity index (χ4v) is 12.1. The van der Waals surface area contributed by atoms with E-state index in [1.807, 2.05) is 83.6 Å². The van der Waals surface area contributed by atoms with Crippen molar-refractivity contribution in [2.24, 2.45) is 0 Å². The summed E-state index contributed by atoms with van der Waals surface area (Å²) in [7, 11) is 0. The van der Waals surface area contributed by atoms with Crippen molar-refractivity contribution in [2.75, 3.05) is 11.5 Å².